The summed E-state index contributed by atoms with van der Waals surface area (Å²) in [6, 6.07) is 38.3. The number of halogens is 2. The van der Waals surface area contributed by atoms with Gasteiger partial charge in [0.05, 0.1) is 40.1 Å². The lowest BCUT2D eigenvalue weighted by Crippen LogP contribution is -2.49. The second kappa shape index (κ2) is 42.8. The van der Waals surface area contributed by atoms with Crippen LogP contribution < -0.4 is 26.6 Å². The van der Waals surface area contributed by atoms with Crippen molar-refractivity contribution in [3.8, 4) is 22.3 Å². The fraction of sp³-hybridized carbons (Fsp3) is 0.438. The molecule has 0 unspecified atom stereocenters. The van der Waals surface area contributed by atoms with E-state index in [9.17, 15) is 33.2 Å². The van der Waals surface area contributed by atoms with Gasteiger partial charge in [0, 0.05) is 201 Å². The normalized spacial score (nSPS) is 15.0. The standard InChI is InChI=1S/C48H59FN8O5.C31H34FN3O5.C17H27N5O/c1-7-42-40(43(52-37-17-23-61-24-18-37)39-29-51-57(8-2)44(39)53-42)31-54(6)46(59)36-14-10-13-35(27-36)45(58)50-28-32-15-16-41(49)38(26-32)34-12-9-11-33(25-34)30-55-19-21-56(22-20-55)47(60)62-48(3,4)5;1-31(2,3)40-30(39)35-14-12-34(13-15-35)20-22-6-4-7-23(16-22)26-17-21(10-11-27(26)32)19-33-28(36)24-8-5-9-25(18-24)29(37)38;1-4-15-13(10-18-3)16(20-12-6-8-23-9-7-12)14-11-19-22(5-2)17(14)21-15/h9-16,25-27,29,37H,7-8,17-24,28,30-31H2,1-6H3,(H,50,58)(H,52,53);4-11,16-18H,12-15,19-20H2,1-3H3,(H,33,36)(H,37,38);11-12,18H,4-10H2,1-3H3,(H,20,21). The van der Waals surface area contributed by atoms with E-state index in [0.29, 0.717) is 132 Å². The number of aromatic nitrogens is 6. The van der Waals surface area contributed by atoms with Crippen molar-refractivity contribution in [1.82, 2.24) is 70.0 Å². The number of carbonyl (C=O) groups is 6. The van der Waals surface area contributed by atoms with Crippen LogP contribution in [-0.4, -0.2) is 211 Å². The number of piperazine rings is 2. The van der Waals surface area contributed by atoms with Crippen molar-refractivity contribution in [3.63, 3.8) is 0 Å². The first-order chi connectivity index (χ1) is 60.1. The molecule has 4 fully saturated rings. The first-order valence-corrected chi connectivity index (χ1v) is 43.6. The molecule has 5 amide bonds. The van der Waals surface area contributed by atoms with Gasteiger partial charge in [-0.1, -0.05) is 74.5 Å². The third kappa shape index (κ3) is 24.6. The fourth-order valence-corrected chi connectivity index (χ4v) is 15.9. The van der Waals surface area contributed by atoms with Crippen molar-refractivity contribution < 1.29 is 61.6 Å². The minimum atomic E-state index is -1.11. The van der Waals surface area contributed by atoms with Crippen LogP contribution >= 0.6 is 0 Å². The van der Waals surface area contributed by atoms with E-state index in [1.807, 2.05) is 126 Å². The summed E-state index contributed by atoms with van der Waals surface area (Å²) in [5.74, 6) is -2.82. The molecule has 0 atom stereocenters. The average Bonchev–Trinajstić information content (AvgIpc) is 1.66. The van der Waals surface area contributed by atoms with Gasteiger partial charge in [-0.3, -0.25) is 24.2 Å². The quantitative estimate of drug-likeness (QED) is 0.0293. The Morgan fingerprint density at radius 2 is 0.912 bits per heavy atom. The number of aryl methyl sites for hydroxylation is 4. The molecule has 4 aliphatic rings. The van der Waals surface area contributed by atoms with Crippen molar-refractivity contribution in [1.29, 1.82) is 0 Å². The van der Waals surface area contributed by atoms with Crippen LogP contribution in [0.25, 0.3) is 44.3 Å². The summed E-state index contributed by atoms with van der Waals surface area (Å²) in [6.07, 6.45) is 8.67. The van der Waals surface area contributed by atoms with Gasteiger partial charge in [0.25, 0.3) is 17.7 Å². The SMILES string of the molecule is CC(C)(C)OC(=O)N1CCN(Cc2cccc(-c3cc(CNC(=O)c4cccc(C(=O)O)c4)ccc3F)c2)CC1.CCc1nc2c(cnn2CC)c(NC2CCOCC2)c1CN(C)C(=O)c1cccc(C(=O)NCc2ccc(F)c(-c3cccc(CN4CCN(C(=O)OC(C)(C)C)CC4)c3)c2)c1.CCc1nc2c(cnn2CC)c(NC2CCOCC2)c1CNC. The molecule has 125 heavy (non-hydrogen) atoms. The first-order valence-electron chi connectivity index (χ1n) is 43.6. The van der Waals surface area contributed by atoms with E-state index in [-0.39, 0.29) is 65.9 Å². The zero-order chi connectivity index (χ0) is 89.1. The molecule has 6 N–H and O–H groups in total. The molecule has 0 aliphatic carbocycles. The van der Waals surface area contributed by atoms with Crippen LogP contribution in [0.2, 0.25) is 0 Å². The molecule has 27 nitrogen and oxygen atoms in total. The lowest BCUT2D eigenvalue weighted by molar-refractivity contribution is 0.0129. The van der Waals surface area contributed by atoms with E-state index in [0.717, 1.165) is 131 Å². The molecule has 4 aromatic heterocycles. The number of fused-ring (bicyclic) bond motifs is 2. The van der Waals surface area contributed by atoms with Crippen LogP contribution in [0.4, 0.5) is 29.7 Å². The Morgan fingerprint density at radius 3 is 1.33 bits per heavy atom. The number of rotatable bonds is 26. The predicted molar refractivity (Wildman–Crippen MR) is 481 cm³/mol. The number of hydrogen-bond donors (Lipinski definition) is 6. The van der Waals surface area contributed by atoms with E-state index in [4.69, 9.17) is 34.0 Å². The van der Waals surface area contributed by atoms with Crippen LogP contribution in [0.15, 0.2) is 146 Å². The van der Waals surface area contributed by atoms with Gasteiger partial charge in [0.1, 0.15) is 22.8 Å². The number of carboxylic acid groups (broad SMARTS) is 1. The van der Waals surface area contributed by atoms with E-state index >= 15 is 4.39 Å². The summed E-state index contributed by atoms with van der Waals surface area (Å²) >= 11 is 0. The lowest BCUT2D eigenvalue weighted by Gasteiger charge is -2.35. The number of aromatic carboxylic acids is 1. The van der Waals surface area contributed by atoms with E-state index in [1.54, 1.807) is 76.3 Å². The van der Waals surface area contributed by atoms with Gasteiger partial charge in [0.15, 0.2) is 11.3 Å². The highest BCUT2D eigenvalue weighted by molar-refractivity contribution is 6.00. The summed E-state index contributed by atoms with van der Waals surface area (Å²) in [5.41, 5.74) is 14.0. The molecule has 6 aromatic carbocycles. The number of ether oxygens (including phenoxy) is 4. The van der Waals surface area contributed by atoms with Gasteiger partial charge in [-0.05, 0) is 207 Å². The third-order valence-corrected chi connectivity index (χ3v) is 22.5. The summed E-state index contributed by atoms with van der Waals surface area (Å²) < 4.78 is 56.2. The molecule has 14 rings (SSSR count). The molecule has 4 aliphatic heterocycles. The van der Waals surface area contributed by atoms with E-state index in [2.05, 4.69) is 67.4 Å². The molecule has 29 heteroatoms. The largest absolute Gasteiger partial charge is 0.478 e. The monoisotopic (exact) mass is 1710 g/mol. The summed E-state index contributed by atoms with van der Waals surface area (Å²) in [5, 5.41) is 36.9. The Labute approximate surface area is 730 Å². The maximum atomic E-state index is 15.3. The zero-order valence-corrected chi connectivity index (χ0v) is 74.1. The summed E-state index contributed by atoms with van der Waals surface area (Å²) in [4.78, 5) is 95.7. The molecule has 4 saturated heterocycles. The summed E-state index contributed by atoms with van der Waals surface area (Å²) in [6.45, 7) is 32.0. The maximum absolute atomic E-state index is 15.3. The van der Waals surface area contributed by atoms with Crippen molar-refractivity contribution in [3.05, 3.63) is 225 Å². The Balaban J connectivity index is 0.000000191. The topological polar surface area (TPSA) is 297 Å². The molecular weight excluding hydrogens is 1590 g/mol. The minimum absolute atomic E-state index is 0.0292. The van der Waals surface area contributed by atoms with Crippen LogP contribution in [0.5, 0.6) is 0 Å². The number of hydrogen-bond acceptors (Lipinski definition) is 19. The third-order valence-electron chi connectivity index (χ3n) is 22.5. The van der Waals surface area contributed by atoms with Crippen LogP contribution in [0, 0.1) is 11.6 Å². The number of carboxylic acids is 1. The minimum Gasteiger partial charge on any atom is -0.478 e. The predicted octanol–water partition coefficient (Wildman–Crippen LogP) is 15.2. The highest BCUT2D eigenvalue weighted by Gasteiger charge is 2.31. The molecular formula is C96H120F2N16O11. The smallest absolute Gasteiger partial charge is 0.410 e. The van der Waals surface area contributed by atoms with Crippen molar-refractivity contribution in [2.45, 2.75) is 183 Å². The molecule has 8 heterocycles. The molecule has 0 radical (unpaired) electrons. The van der Waals surface area contributed by atoms with Gasteiger partial charge in [-0.2, -0.15) is 10.2 Å². The van der Waals surface area contributed by atoms with Crippen LogP contribution in [-0.2, 0) is 84.1 Å². The number of nitrogens with zero attached hydrogens (tertiary/aromatic N) is 11. The number of pyridine rings is 2. The van der Waals surface area contributed by atoms with Crippen molar-refractivity contribution in [2.75, 3.05) is 104 Å². The number of benzene rings is 6. The number of anilines is 2. The molecule has 0 saturated carbocycles. The Morgan fingerprint density at radius 1 is 0.504 bits per heavy atom. The molecule has 0 spiro atoms. The Kier molecular flexibility index (Phi) is 31.6. The van der Waals surface area contributed by atoms with E-state index < -0.39 is 23.1 Å². The van der Waals surface area contributed by atoms with Gasteiger partial charge in [0.2, 0.25) is 0 Å². The van der Waals surface area contributed by atoms with Gasteiger partial charge >= 0.3 is 18.2 Å². The number of nitrogens with one attached hydrogen (secondary N) is 5. The Hall–Kier alpha value is -11.8. The number of amides is 5. The second-order valence-electron chi connectivity index (χ2n) is 34.0. The number of carbonyl (C=O) groups excluding carboxylic acids is 5. The highest BCUT2D eigenvalue weighted by atomic mass is 19.1. The van der Waals surface area contributed by atoms with Crippen LogP contribution in [0.3, 0.4) is 0 Å². The summed E-state index contributed by atoms with van der Waals surface area (Å²) in [7, 11) is 3.75. The van der Waals surface area contributed by atoms with Gasteiger partial charge in [-0.15, -0.1) is 0 Å². The molecule has 0 bridgehead atoms. The van der Waals surface area contributed by atoms with Gasteiger partial charge < -0.3 is 65.3 Å². The van der Waals surface area contributed by atoms with Gasteiger partial charge in [-0.25, -0.2) is 42.5 Å². The fourth-order valence-electron chi connectivity index (χ4n) is 15.9. The second-order valence-corrected chi connectivity index (χ2v) is 34.0. The highest BCUT2D eigenvalue weighted by Crippen LogP contribution is 2.36. The van der Waals surface area contributed by atoms with Crippen molar-refractivity contribution >= 4 is 69.3 Å². The Bertz CT molecular complexity index is 5420. The first kappa shape index (κ1) is 92.4. The molecule has 664 valence electrons. The molecule has 10 aromatic rings. The van der Waals surface area contributed by atoms with E-state index in [1.165, 1.54) is 41.6 Å². The average molecular weight is 1710 g/mol. The van der Waals surface area contributed by atoms with Crippen LogP contribution in [0.1, 0.15) is 181 Å². The zero-order valence-electron chi connectivity index (χ0n) is 74.1. The van der Waals surface area contributed by atoms with Crippen molar-refractivity contribution in [2.24, 2.45) is 0 Å². The maximum Gasteiger partial charge on any atom is 0.410 e. The lowest BCUT2D eigenvalue weighted by atomic mass is 10.00.